The SMILES string of the molecule is CCN(CC)C(=O)c1ccccc1NC(=O)C(C)(C)Oc1ccc(Cl)cc1. The van der Waals surface area contributed by atoms with Gasteiger partial charge in [-0.05, 0) is 64.1 Å². The van der Waals surface area contributed by atoms with E-state index in [2.05, 4.69) is 5.32 Å². The Morgan fingerprint density at radius 1 is 1.04 bits per heavy atom. The molecule has 0 bridgehead atoms. The summed E-state index contributed by atoms with van der Waals surface area (Å²) in [4.78, 5) is 27.2. The van der Waals surface area contributed by atoms with Crippen LogP contribution < -0.4 is 10.1 Å². The average Bonchev–Trinajstić information content (AvgIpc) is 2.64. The standard InChI is InChI=1S/C21H25ClN2O3/c1-5-24(6-2)19(25)17-9-7-8-10-18(17)23-20(26)21(3,4)27-16-13-11-15(22)12-14-16/h7-14H,5-6H2,1-4H3,(H,23,26). The van der Waals surface area contributed by atoms with Crippen molar-refractivity contribution in [1.82, 2.24) is 4.90 Å². The molecule has 0 saturated heterocycles. The van der Waals surface area contributed by atoms with Crippen LogP contribution >= 0.6 is 11.6 Å². The second kappa shape index (κ2) is 8.91. The monoisotopic (exact) mass is 388 g/mol. The van der Waals surface area contributed by atoms with Crippen molar-refractivity contribution in [2.45, 2.75) is 33.3 Å². The number of nitrogens with one attached hydrogen (secondary N) is 1. The maximum absolute atomic E-state index is 12.8. The van der Waals surface area contributed by atoms with Crippen molar-refractivity contribution in [3.8, 4) is 5.75 Å². The van der Waals surface area contributed by atoms with Crippen LogP contribution in [0.4, 0.5) is 5.69 Å². The molecule has 144 valence electrons. The Labute approximate surface area is 165 Å². The quantitative estimate of drug-likeness (QED) is 0.752. The number of hydrogen-bond acceptors (Lipinski definition) is 3. The van der Waals surface area contributed by atoms with Crippen molar-refractivity contribution in [3.63, 3.8) is 0 Å². The van der Waals surface area contributed by atoms with Crippen molar-refractivity contribution in [2.24, 2.45) is 0 Å². The number of anilines is 1. The van der Waals surface area contributed by atoms with Gasteiger partial charge in [0.1, 0.15) is 5.75 Å². The van der Waals surface area contributed by atoms with Gasteiger partial charge in [0.25, 0.3) is 11.8 Å². The number of carbonyl (C=O) groups excluding carboxylic acids is 2. The van der Waals surface area contributed by atoms with Crippen molar-refractivity contribution in [3.05, 3.63) is 59.1 Å². The summed E-state index contributed by atoms with van der Waals surface area (Å²) in [5.41, 5.74) is -0.219. The highest BCUT2D eigenvalue weighted by atomic mass is 35.5. The predicted octanol–water partition coefficient (Wildman–Crippen LogP) is 4.62. The Bertz CT molecular complexity index is 799. The van der Waals surface area contributed by atoms with Crippen molar-refractivity contribution in [2.75, 3.05) is 18.4 Å². The van der Waals surface area contributed by atoms with Crippen LogP contribution in [-0.4, -0.2) is 35.4 Å². The fraction of sp³-hybridized carbons (Fsp3) is 0.333. The molecule has 0 unspecified atom stereocenters. The molecule has 27 heavy (non-hydrogen) atoms. The number of nitrogens with zero attached hydrogens (tertiary/aromatic N) is 1. The smallest absolute Gasteiger partial charge is 0.267 e. The van der Waals surface area contributed by atoms with Gasteiger partial charge in [-0.2, -0.15) is 0 Å². The minimum Gasteiger partial charge on any atom is -0.478 e. The zero-order chi connectivity index (χ0) is 20.0. The van der Waals surface area contributed by atoms with E-state index < -0.39 is 5.60 Å². The van der Waals surface area contributed by atoms with Crippen LogP contribution in [0.3, 0.4) is 0 Å². The fourth-order valence-electron chi connectivity index (χ4n) is 2.58. The first-order valence-electron chi connectivity index (χ1n) is 8.92. The maximum Gasteiger partial charge on any atom is 0.267 e. The van der Waals surface area contributed by atoms with Gasteiger partial charge in [0.2, 0.25) is 0 Å². The number of ether oxygens (including phenoxy) is 1. The molecule has 1 N–H and O–H groups in total. The zero-order valence-electron chi connectivity index (χ0n) is 16.1. The second-order valence-corrected chi connectivity index (χ2v) is 6.98. The number of halogens is 1. The van der Waals surface area contributed by atoms with Gasteiger partial charge in [0.15, 0.2) is 5.60 Å². The molecule has 0 aliphatic carbocycles. The van der Waals surface area contributed by atoms with Crippen LogP contribution in [0.2, 0.25) is 5.02 Å². The van der Waals surface area contributed by atoms with E-state index in [0.717, 1.165) is 0 Å². The summed E-state index contributed by atoms with van der Waals surface area (Å²) >= 11 is 5.88. The van der Waals surface area contributed by atoms with Crippen molar-refractivity contribution >= 4 is 29.1 Å². The number of carbonyl (C=O) groups is 2. The Balaban J connectivity index is 2.19. The first-order chi connectivity index (χ1) is 12.8. The molecule has 0 aromatic heterocycles. The largest absolute Gasteiger partial charge is 0.478 e. The van der Waals surface area contributed by atoms with Crippen LogP contribution in [0.5, 0.6) is 5.75 Å². The Kier molecular flexibility index (Phi) is 6.86. The predicted molar refractivity (Wildman–Crippen MR) is 108 cm³/mol. The molecule has 0 saturated carbocycles. The van der Waals surface area contributed by atoms with E-state index in [0.29, 0.717) is 35.1 Å². The molecule has 2 rings (SSSR count). The molecule has 6 heteroatoms. The number of rotatable bonds is 7. The van der Waals surface area contributed by atoms with Crippen LogP contribution in [0.15, 0.2) is 48.5 Å². The highest BCUT2D eigenvalue weighted by Gasteiger charge is 2.31. The van der Waals surface area contributed by atoms with E-state index in [4.69, 9.17) is 16.3 Å². The zero-order valence-corrected chi connectivity index (χ0v) is 16.8. The van der Waals surface area contributed by atoms with Gasteiger partial charge in [0.05, 0.1) is 11.3 Å². The molecule has 0 aliphatic heterocycles. The molecule has 0 atom stereocenters. The molecule has 2 aromatic carbocycles. The summed E-state index contributed by atoms with van der Waals surface area (Å²) in [7, 11) is 0. The number of amides is 2. The lowest BCUT2D eigenvalue weighted by Gasteiger charge is -2.26. The molecule has 0 fully saturated rings. The number of benzene rings is 2. The van der Waals surface area contributed by atoms with Gasteiger partial charge in [-0.25, -0.2) is 0 Å². The summed E-state index contributed by atoms with van der Waals surface area (Å²) in [5.74, 6) is 0.0663. The van der Waals surface area contributed by atoms with E-state index >= 15 is 0 Å². The number of para-hydroxylation sites is 1. The summed E-state index contributed by atoms with van der Waals surface area (Å²) in [6.45, 7) is 8.39. The van der Waals surface area contributed by atoms with Crippen molar-refractivity contribution in [1.29, 1.82) is 0 Å². The lowest BCUT2D eigenvalue weighted by atomic mass is 10.1. The summed E-state index contributed by atoms with van der Waals surface area (Å²) in [6.07, 6.45) is 0. The summed E-state index contributed by atoms with van der Waals surface area (Å²) in [6, 6.07) is 13.8. The van der Waals surface area contributed by atoms with Gasteiger partial charge < -0.3 is 15.0 Å². The molecule has 2 amide bonds. The lowest BCUT2D eigenvalue weighted by Crippen LogP contribution is -2.43. The molecule has 5 nitrogen and oxygen atoms in total. The van der Waals surface area contributed by atoms with Crippen molar-refractivity contribution < 1.29 is 14.3 Å². The maximum atomic E-state index is 12.8. The van der Waals surface area contributed by atoms with Gasteiger partial charge in [-0.15, -0.1) is 0 Å². The van der Waals surface area contributed by atoms with Gasteiger partial charge in [0, 0.05) is 18.1 Å². The third kappa shape index (κ3) is 5.23. The van der Waals surface area contributed by atoms with Crippen LogP contribution in [0.1, 0.15) is 38.1 Å². The van der Waals surface area contributed by atoms with E-state index in [-0.39, 0.29) is 11.8 Å². The average molecular weight is 389 g/mol. The van der Waals surface area contributed by atoms with Crippen LogP contribution in [0, 0.1) is 0 Å². The van der Waals surface area contributed by atoms with E-state index in [9.17, 15) is 9.59 Å². The minimum absolute atomic E-state index is 0.118. The third-order valence-electron chi connectivity index (χ3n) is 4.19. The molecule has 0 spiro atoms. The first-order valence-corrected chi connectivity index (χ1v) is 9.30. The Morgan fingerprint density at radius 2 is 1.63 bits per heavy atom. The Morgan fingerprint density at radius 3 is 2.22 bits per heavy atom. The molecule has 0 aliphatic rings. The van der Waals surface area contributed by atoms with Gasteiger partial charge >= 0.3 is 0 Å². The van der Waals surface area contributed by atoms with Crippen LogP contribution in [0.25, 0.3) is 0 Å². The van der Waals surface area contributed by atoms with E-state index in [1.807, 2.05) is 13.8 Å². The first kappa shape index (κ1) is 20.8. The van der Waals surface area contributed by atoms with Crippen LogP contribution in [-0.2, 0) is 4.79 Å². The molecule has 0 heterocycles. The molecule has 0 radical (unpaired) electrons. The van der Waals surface area contributed by atoms with E-state index in [1.54, 1.807) is 67.3 Å². The highest BCUT2D eigenvalue weighted by Crippen LogP contribution is 2.24. The molecular weight excluding hydrogens is 364 g/mol. The van der Waals surface area contributed by atoms with Gasteiger partial charge in [-0.3, -0.25) is 9.59 Å². The third-order valence-corrected chi connectivity index (χ3v) is 4.44. The molecular formula is C21H25ClN2O3. The highest BCUT2D eigenvalue weighted by molar-refractivity contribution is 6.30. The summed E-state index contributed by atoms with van der Waals surface area (Å²) in [5, 5.41) is 3.42. The lowest BCUT2D eigenvalue weighted by molar-refractivity contribution is -0.128. The topological polar surface area (TPSA) is 58.6 Å². The van der Waals surface area contributed by atoms with Gasteiger partial charge in [-0.1, -0.05) is 23.7 Å². The normalized spacial score (nSPS) is 11.0. The summed E-state index contributed by atoms with van der Waals surface area (Å²) < 4.78 is 5.81. The molecule has 2 aromatic rings. The Hall–Kier alpha value is -2.53. The fourth-order valence-corrected chi connectivity index (χ4v) is 2.70. The second-order valence-electron chi connectivity index (χ2n) is 6.54. The minimum atomic E-state index is -1.14. The number of hydrogen-bond donors (Lipinski definition) is 1. The van der Waals surface area contributed by atoms with E-state index in [1.165, 1.54) is 0 Å².